The molecular formula is C26H32N2O3S2. The van der Waals surface area contributed by atoms with Gasteiger partial charge in [-0.05, 0) is 42.7 Å². The van der Waals surface area contributed by atoms with Crippen molar-refractivity contribution in [2.45, 2.75) is 45.2 Å². The van der Waals surface area contributed by atoms with Crippen LogP contribution in [0.3, 0.4) is 0 Å². The summed E-state index contributed by atoms with van der Waals surface area (Å²) < 4.78 is 28.2. The van der Waals surface area contributed by atoms with Crippen LogP contribution in [0.15, 0.2) is 77.7 Å². The van der Waals surface area contributed by atoms with E-state index in [1.165, 1.54) is 9.18 Å². The van der Waals surface area contributed by atoms with Gasteiger partial charge < -0.3 is 4.90 Å². The molecule has 2 aromatic carbocycles. The topological polar surface area (TPSA) is 57.7 Å². The van der Waals surface area contributed by atoms with Crippen molar-refractivity contribution in [1.82, 2.24) is 9.21 Å². The molecule has 5 nitrogen and oxygen atoms in total. The molecule has 3 rings (SSSR count). The largest absolute Gasteiger partial charge is 0.332 e. The van der Waals surface area contributed by atoms with E-state index in [0.29, 0.717) is 19.6 Å². The van der Waals surface area contributed by atoms with Crippen LogP contribution in [0.25, 0.3) is 0 Å². The van der Waals surface area contributed by atoms with E-state index in [1.54, 1.807) is 46.6 Å². The highest BCUT2D eigenvalue weighted by molar-refractivity contribution is 7.89. The highest BCUT2D eigenvalue weighted by Gasteiger charge is 2.29. The zero-order valence-electron chi connectivity index (χ0n) is 19.5. The van der Waals surface area contributed by atoms with E-state index >= 15 is 0 Å². The van der Waals surface area contributed by atoms with Crippen molar-refractivity contribution < 1.29 is 13.2 Å². The molecule has 0 N–H and O–H groups in total. The van der Waals surface area contributed by atoms with Gasteiger partial charge in [-0.3, -0.25) is 4.79 Å². The Morgan fingerprint density at radius 1 is 0.939 bits per heavy atom. The first-order chi connectivity index (χ1) is 15.8. The van der Waals surface area contributed by atoms with E-state index in [1.807, 2.05) is 63.2 Å². The Bertz CT molecular complexity index is 1130. The Morgan fingerprint density at radius 2 is 1.58 bits per heavy atom. The molecule has 1 aromatic heterocycles. The predicted molar refractivity (Wildman–Crippen MR) is 134 cm³/mol. The summed E-state index contributed by atoms with van der Waals surface area (Å²) in [6, 6.07) is 22.2. The predicted octanol–water partition coefficient (Wildman–Crippen LogP) is 5.32. The van der Waals surface area contributed by atoms with Gasteiger partial charge in [-0.1, -0.05) is 68.8 Å². The molecule has 0 aliphatic heterocycles. The minimum atomic E-state index is -3.79. The summed E-state index contributed by atoms with van der Waals surface area (Å²) in [5, 5.41) is 0. The van der Waals surface area contributed by atoms with Crippen molar-refractivity contribution in [2.24, 2.45) is 5.92 Å². The number of carbonyl (C=O) groups excluding carboxylic acids is 1. The fraction of sp³-hybridized carbons (Fsp3) is 0.346. The Labute approximate surface area is 201 Å². The second-order valence-electron chi connectivity index (χ2n) is 8.37. The molecule has 176 valence electrons. The van der Waals surface area contributed by atoms with Crippen LogP contribution in [0, 0.1) is 12.8 Å². The first kappa shape index (κ1) is 25.1. The average Bonchev–Trinajstić information content (AvgIpc) is 3.23. The van der Waals surface area contributed by atoms with Crippen molar-refractivity contribution in [3.63, 3.8) is 0 Å². The average molecular weight is 485 g/mol. The number of amides is 1. The normalized spacial score (nSPS) is 12.6. The quantitative estimate of drug-likeness (QED) is 0.370. The number of thiophene rings is 1. The molecule has 1 amide bonds. The summed E-state index contributed by atoms with van der Waals surface area (Å²) in [4.78, 5) is 17.8. The highest BCUT2D eigenvalue weighted by atomic mass is 32.2. The van der Waals surface area contributed by atoms with E-state index in [9.17, 15) is 13.2 Å². The summed E-state index contributed by atoms with van der Waals surface area (Å²) in [5.74, 6) is -0.0634. The van der Waals surface area contributed by atoms with Crippen LogP contribution < -0.4 is 0 Å². The molecule has 0 fully saturated rings. The first-order valence-corrected chi connectivity index (χ1v) is 13.5. The van der Waals surface area contributed by atoms with Gasteiger partial charge in [0.25, 0.3) is 0 Å². The zero-order chi connectivity index (χ0) is 23.8. The number of carbonyl (C=O) groups is 1. The van der Waals surface area contributed by atoms with Gasteiger partial charge >= 0.3 is 0 Å². The fourth-order valence-electron chi connectivity index (χ4n) is 3.51. The maximum Gasteiger partial charge on any atom is 0.243 e. The summed E-state index contributed by atoms with van der Waals surface area (Å²) in [5.41, 5.74) is 1.01. The SMILES string of the molecule is CCC(C)CN(CC(=O)N(Cc1ccccc1)Cc1ccc(C)s1)S(=O)(=O)c1ccccc1. The smallest absolute Gasteiger partial charge is 0.243 e. The van der Waals surface area contributed by atoms with Crippen LogP contribution in [0.5, 0.6) is 0 Å². The van der Waals surface area contributed by atoms with Crippen LogP contribution in [0.1, 0.15) is 35.6 Å². The van der Waals surface area contributed by atoms with Crippen molar-refractivity contribution in [2.75, 3.05) is 13.1 Å². The molecule has 1 heterocycles. The molecule has 0 aliphatic carbocycles. The lowest BCUT2D eigenvalue weighted by molar-refractivity contribution is -0.132. The molecule has 0 saturated carbocycles. The monoisotopic (exact) mass is 484 g/mol. The number of hydrogen-bond donors (Lipinski definition) is 0. The van der Waals surface area contributed by atoms with E-state index < -0.39 is 10.0 Å². The van der Waals surface area contributed by atoms with Gasteiger partial charge in [0, 0.05) is 22.8 Å². The number of benzene rings is 2. The van der Waals surface area contributed by atoms with Gasteiger partial charge in [-0.25, -0.2) is 8.42 Å². The number of hydrogen-bond acceptors (Lipinski definition) is 4. The van der Waals surface area contributed by atoms with Gasteiger partial charge in [0.15, 0.2) is 0 Å². The van der Waals surface area contributed by atoms with Crippen LogP contribution in [-0.2, 0) is 27.9 Å². The Morgan fingerprint density at radius 3 is 2.15 bits per heavy atom. The summed E-state index contributed by atoms with van der Waals surface area (Å²) >= 11 is 1.65. The summed E-state index contributed by atoms with van der Waals surface area (Å²) in [7, 11) is -3.79. The molecule has 0 bridgehead atoms. The van der Waals surface area contributed by atoms with Crippen molar-refractivity contribution >= 4 is 27.3 Å². The Hall–Kier alpha value is -2.48. The van der Waals surface area contributed by atoms with Crippen LogP contribution in [0.2, 0.25) is 0 Å². The third-order valence-electron chi connectivity index (χ3n) is 5.62. The molecule has 1 unspecified atom stereocenters. The standard InChI is InChI=1S/C26H32N2O3S2/c1-4-21(2)17-28(33(30,31)25-13-9-6-10-14-25)20-26(29)27(18-23-11-7-5-8-12-23)19-24-16-15-22(3)32-24/h5-16,21H,4,17-20H2,1-3H3. The maximum absolute atomic E-state index is 13.5. The van der Waals surface area contributed by atoms with E-state index in [0.717, 1.165) is 16.9 Å². The number of aryl methyl sites for hydroxylation is 1. The highest BCUT2D eigenvalue weighted by Crippen LogP contribution is 2.21. The molecule has 0 saturated heterocycles. The molecular weight excluding hydrogens is 452 g/mol. The van der Waals surface area contributed by atoms with Crippen molar-refractivity contribution in [1.29, 1.82) is 0 Å². The van der Waals surface area contributed by atoms with Crippen LogP contribution in [-0.4, -0.2) is 36.6 Å². The first-order valence-electron chi connectivity index (χ1n) is 11.2. The molecule has 7 heteroatoms. The lowest BCUT2D eigenvalue weighted by Crippen LogP contribution is -2.44. The zero-order valence-corrected chi connectivity index (χ0v) is 21.1. The second kappa shape index (κ2) is 11.6. The Balaban J connectivity index is 1.87. The minimum Gasteiger partial charge on any atom is -0.332 e. The van der Waals surface area contributed by atoms with E-state index in [4.69, 9.17) is 0 Å². The van der Waals surface area contributed by atoms with E-state index in [-0.39, 0.29) is 23.3 Å². The van der Waals surface area contributed by atoms with Gasteiger partial charge in [0.2, 0.25) is 15.9 Å². The summed E-state index contributed by atoms with van der Waals surface area (Å²) in [6.07, 6.45) is 0.831. The van der Waals surface area contributed by atoms with Gasteiger partial charge in [0.1, 0.15) is 0 Å². The van der Waals surface area contributed by atoms with Crippen molar-refractivity contribution in [3.05, 3.63) is 88.1 Å². The lowest BCUT2D eigenvalue weighted by atomic mass is 10.1. The maximum atomic E-state index is 13.5. The van der Waals surface area contributed by atoms with Crippen LogP contribution in [0.4, 0.5) is 0 Å². The second-order valence-corrected chi connectivity index (χ2v) is 11.7. The number of sulfonamides is 1. The lowest BCUT2D eigenvalue weighted by Gasteiger charge is -2.28. The third kappa shape index (κ3) is 7.00. The van der Waals surface area contributed by atoms with E-state index in [2.05, 4.69) is 0 Å². The molecule has 0 radical (unpaired) electrons. The molecule has 0 aliphatic rings. The molecule has 1 atom stereocenters. The molecule has 0 spiro atoms. The number of nitrogens with zero attached hydrogens (tertiary/aromatic N) is 2. The summed E-state index contributed by atoms with van der Waals surface area (Å²) in [6.45, 7) is 7.08. The number of rotatable bonds is 11. The van der Waals surface area contributed by atoms with Gasteiger partial charge in [-0.2, -0.15) is 4.31 Å². The minimum absolute atomic E-state index is 0.138. The van der Waals surface area contributed by atoms with Crippen LogP contribution >= 0.6 is 11.3 Å². The van der Waals surface area contributed by atoms with Crippen molar-refractivity contribution in [3.8, 4) is 0 Å². The van der Waals surface area contributed by atoms with Gasteiger partial charge in [0.05, 0.1) is 18.0 Å². The van der Waals surface area contributed by atoms with Gasteiger partial charge in [-0.15, -0.1) is 11.3 Å². The fourth-order valence-corrected chi connectivity index (χ4v) is 5.95. The third-order valence-corrected chi connectivity index (χ3v) is 8.43. The molecule has 3 aromatic rings. The Kier molecular flexibility index (Phi) is 8.83. The molecule has 33 heavy (non-hydrogen) atoms.